The van der Waals surface area contributed by atoms with Gasteiger partial charge in [0, 0.05) is 13.0 Å². The van der Waals surface area contributed by atoms with Crippen LogP contribution in [-0.2, 0) is 11.2 Å². The molecule has 0 amide bonds. The van der Waals surface area contributed by atoms with E-state index in [1.807, 2.05) is 6.92 Å². The van der Waals surface area contributed by atoms with Gasteiger partial charge in [0.2, 0.25) is 0 Å². The first-order valence-corrected chi connectivity index (χ1v) is 5.43. The molecule has 2 heterocycles. The minimum atomic E-state index is 0.379. The van der Waals surface area contributed by atoms with E-state index in [1.54, 1.807) is 18.2 Å². The fraction of sp³-hybridized carbons (Fsp3) is 0.364. The zero-order chi connectivity index (χ0) is 12.1. The summed E-state index contributed by atoms with van der Waals surface area (Å²) >= 11 is 0. The Hall–Kier alpha value is -1.95. The lowest BCUT2D eigenvalue weighted by molar-refractivity contribution is 0.149. The summed E-state index contributed by atoms with van der Waals surface area (Å²) in [6, 6.07) is 5.27. The Kier molecular flexibility index (Phi) is 3.66. The van der Waals surface area contributed by atoms with Gasteiger partial charge in [-0.1, -0.05) is 11.2 Å². The van der Waals surface area contributed by atoms with Gasteiger partial charge in [-0.15, -0.1) is 0 Å². The fourth-order valence-corrected chi connectivity index (χ4v) is 1.34. The van der Waals surface area contributed by atoms with Gasteiger partial charge in [0.25, 0.3) is 5.89 Å². The molecule has 0 bridgehead atoms. The first-order valence-electron chi connectivity index (χ1n) is 5.43. The molecule has 17 heavy (non-hydrogen) atoms. The van der Waals surface area contributed by atoms with Gasteiger partial charge < -0.3 is 15.0 Å². The first kappa shape index (κ1) is 11.5. The number of anilines is 1. The number of hydrogen-bond donors (Lipinski definition) is 1. The molecule has 90 valence electrons. The number of nitrogens with two attached hydrogens (primary N) is 1. The summed E-state index contributed by atoms with van der Waals surface area (Å²) in [7, 11) is 0. The molecule has 0 spiro atoms. The van der Waals surface area contributed by atoms with Gasteiger partial charge in [-0.05, 0) is 19.1 Å². The number of nitrogens with zero attached hydrogens (tertiary/aromatic N) is 3. The lowest BCUT2D eigenvalue weighted by Gasteiger charge is -1.95. The van der Waals surface area contributed by atoms with Crippen LogP contribution >= 0.6 is 0 Å². The van der Waals surface area contributed by atoms with Crippen molar-refractivity contribution in [2.24, 2.45) is 0 Å². The highest BCUT2D eigenvalue weighted by Gasteiger charge is 2.09. The second-order valence-electron chi connectivity index (χ2n) is 3.41. The summed E-state index contributed by atoms with van der Waals surface area (Å²) < 4.78 is 10.3. The Bertz CT molecular complexity index is 484. The second kappa shape index (κ2) is 5.40. The van der Waals surface area contributed by atoms with E-state index >= 15 is 0 Å². The van der Waals surface area contributed by atoms with Gasteiger partial charge in [0.15, 0.2) is 5.82 Å². The van der Waals surface area contributed by atoms with E-state index in [-0.39, 0.29) is 0 Å². The van der Waals surface area contributed by atoms with E-state index < -0.39 is 0 Å². The second-order valence-corrected chi connectivity index (χ2v) is 3.41. The number of pyridine rings is 1. The van der Waals surface area contributed by atoms with E-state index in [0.717, 1.165) is 0 Å². The van der Waals surface area contributed by atoms with Crippen molar-refractivity contribution in [3.05, 3.63) is 24.0 Å². The largest absolute Gasteiger partial charge is 0.384 e. The maximum Gasteiger partial charge on any atom is 0.276 e. The molecular formula is C11H14N4O2. The molecule has 0 aliphatic rings. The normalized spacial score (nSPS) is 10.6. The van der Waals surface area contributed by atoms with Crippen LogP contribution in [0.15, 0.2) is 22.7 Å². The van der Waals surface area contributed by atoms with Crippen LogP contribution in [-0.4, -0.2) is 28.3 Å². The van der Waals surface area contributed by atoms with Crippen LogP contribution in [0.2, 0.25) is 0 Å². The maximum absolute atomic E-state index is 5.58. The molecule has 0 radical (unpaired) electrons. The summed E-state index contributed by atoms with van der Waals surface area (Å²) in [4.78, 5) is 8.32. The molecule has 0 aliphatic heterocycles. The molecule has 0 aromatic carbocycles. The highest BCUT2D eigenvalue weighted by atomic mass is 16.5. The zero-order valence-corrected chi connectivity index (χ0v) is 9.59. The van der Waals surface area contributed by atoms with Crippen LogP contribution in [0.4, 0.5) is 5.82 Å². The van der Waals surface area contributed by atoms with Crippen molar-refractivity contribution >= 4 is 5.82 Å². The average Bonchev–Trinajstić information content (AvgIpc) is 2.78. The Morgan fingerprint density at radius 3 is 3.00 bits per heavy atom. The van der Waals surface area contributed by atoms with Crippen molar-refractivity contribution < 1.29 is 9.26 Å². The van der Waals surface area contributed by atoms with Crippen LogP contribution in [0.3, 0.4) is 0 Å². The average molecular weight is 234 g/mol. The van der Waals surface area contributed by atoms with Gasteiger partial charge in [0.05, 0.1) is 6.61 Å². The third kappa shape index (κ3) is 3.01. The summed E-state index contributed by atoms with van der Waals surface area (Å²) in [5.74, 6) is 1.41. The molecule has 6 nitrogen and oxygen atoms in total. The molecule has 0 fully saturated rings. The molecular weight excluding hydrogens is 220 g/mol. The lowest BCUT2D eigenvalue weighted by atomic mass is 10.3. The predicted molar refractivity (Wildman–Crippen MR) is 62.1 cm³/mol. The van der Waals surface area contributed by atoms with Crippen molar-refractivity contribution in [3.63, 3.8) is 0 Å². The standard InChI is InChI=1S/C11H14N4O2/c1-2-16-7-6-10-14-11(17-15-10)8-4-3-5-9(12)13-8/h3-5H,2,6-7H2,1H3,(H2,12,13). The number of nitrogen functional groups attached to an aromatic ring is 1. The van der Waals surface area contributed by atoms with Gasteiger partial charge in [-0.2, -0.15) is 4.98 Å². The Morgan fingerprint density at radius 2 is 2.24 bits per heavy atom. The van der Waals surface area contributed by atoms with Crippen molar-refractivity contribution in [2.75, 3.05) is 18.9 Å². The minimum absolute atomic E-state index is 0.379. The third-order valence-corrected chi connectivity index (χ3v) is 2.13. The molecule has 0 atom stereocenters. The Labute approximate surface area is 98.8 Å². The number of rotatable bonds is 5. The highest BCUT2D eigenvalue weighted by Crippen LogP contribution is 2.15. The molecule has 6 heteroatoms. The van der Waals surface area contributed by atoms with Crippen molar-refractivity contribution in [2.45, 2.75) is 13.3 Å². The topological polar surface area (TPSA) is 87.1 Å². The first-order chi connectivity index (χ1) is 8.29. The number of aromatic nitrogens is 3. The van der Waals surface area contributed by atoms with E-state index in [1.165, 1.54) is 0 Å². The number of hydrogen-bond acceptors (Lipinski definition) is 6. The van der Waals surface area contributed by atoms with Crippen LogP contribution in [0.1, 0.15) is 12.7 Å². The number of ether oxygens (including phenoxy) is 1. The quantitative estimate of drug-likeness (QED) is 0.784. The van der Waals surface area contributed by atoms with Gasteiger partial charge in [-0.25, -0.2) is 4.98 Å². The Balaban J connectivity index is 2.07. The smallest absolute Gasteiger partial charge is 0.276 e. The third-order valence-electron chi connectivity index (χ3n) is 2.13. The molecule has 0 aliphatic carbocycles. The SMILES string of the molecule is CCOCCc1noc(-c2cccc(N)n2)n1. The van der Waals surface area contributed by atoms with Crippen molar-refractivity contribution in [1.82, 2.24) is 15.1 Å². The van der Waals surface area contributed by atoms with Gasteiger partial charge >= 0.3 is 0 Å². The summed E-state index contributed by atoms with van der Waals surface area (Å²) in [5, 5.41) is 3.85. The van der Waals surface area contributed by atoms with Crippen LogP contribution in [0.5, 0.6) is 0 Å². The van der Waals surface area contributed by atoms with Crippen LogP contribution in [0, 0.1) is 0 Å². The maximum atomic E-state index is 5.58. The van der Waals surface area contributed by atoms with E-state index in [0.29, 0.717) is 42.9 Å². The van der Waals surface area contributed by atoms with Gasteiger partial charge in [0.1, 0.15) is 11.5 Å². The van der Waals surface area contributed by atoms with Crippen LogP contribution in [0.25, 0.3) is 11.6 Å². The molecule has 2 rings (SSSR count). The van der Waals surface area contributed by atoms with Crippen molar-refractivity contribution in [1.29, 1.82) is 0 Å². The monoisotopic (exact) mass is 234 g/mol. The summed E-state index contributed by atoms with van der Waals surface area (Å²) in [6.07, 6.45) is 0.625. The van der Waals surface area contributed by atoms with E-state index in [2.05, 4.69) is 15.1 Å². The Morgan fingerprint density at radius 1 is 1.35 bits per heavy atom. The minimum Gasteiger partial charge on any atom is -0.384 e. The van der Waals surface area contributed by atoms with Crippen molar-refractivity contribution in [3.8, 4) is 11.6 Å². The van der Waals surface area contributed by atoms with E-state index in [9.17, 15) is 0 Å². The van der Waals surface area contributed by atoms with E-state index in [4.69, 9.17) is 15.0 Å². The highest BCUT2D eigenvalue weighted by molar-refractivity contribution is 5.49. The summed E-state index contributed by atoms with van der Waals surface area (Å²) in [5.41, 5.74) is 6.16. The van der Waals surface area contributed by atoms with Crippen LogP contribution < -0.4 is 5.73 Å². The molecule has 2 aromatic rings. The molecule has 0 saturated carbocycles. The lowest BCUT2D eigenvalue weighted by Crippen LogP contribution is -1.99. The summed E-state index contributed by atoms with van der Waals surface area (Å²) in [6.45, 7) is 3.21. The molecule has 2 aromatic heterocycles. The molecule has 0 unspecified atom stereocenters. The molecule has 2 N–H and O–H groups in total. The molecule has 0 saturated heterocycles. The van der Waals surface area contributed by atoms with Gasteiger partial charge in [-0.3, -0.25) is 0 Å². The fourth-order valence-electron chi connectivity index (χ4n) is 1.34. The zero-order valence-electron chi connectivity index (χ0n) is 9.59. The predicted octanol–water partition coefficient (Wildman–Crippen LogP) is 1.29.